The minimum atomic E-state index is 0.170. The number of nitrogens with one attached hydrogen (secondary N) is 1. The highest BCUT2D eigenvalue weighted by Crippen LogP contribution is 2.23. The van der Waals surface area contributed by atoms with Crippen molar-refractivity contribution in [1.29, 1.82) is 0 Å². The van der Waals surface area contributed by atoms with Gasteiger partial charge >= 0.3 is 0 Å². The molecule has 2 fully saturated rings. The molecule has 2 unspecified atom stereocenters. The van der Waals surface area contributed by atoms with Gasteiger partial charge in [-0.3, -0.25) is 0 Å². The van der Waals surface area contributed by atoms with Gasteiger partial charge in [-0.1, -0.05) is 0 Å². The lowest BCUT2D eigenvalue weighted by Gasteiger charge is -2.27. The van der Waals surface area contributed by atoms with Crippen molar-refractivity contribution >= 4 is 0 Å². The smallest absolute Gasteiger partial charge is 0.0988 e. The number of ether oxygens (including phenoxy) is 2. The summed E-state index contributed by atoms with van der Waals surface area (Å²) in [5.74, 6) is 0.589. The van der Waals surface area contributed by atoms with E-state index < -0.39 is 0 Å². The average Bonchev–Trinajstić information content (AvgIpc) is 2.89. The number of imidazole rings is 1. The maximum Gasteiger partial charge on any atom is 0.0988 e. The maximum absolute atomic E-state index is 5.70. The first kappa shape index (κ1) is 12.1. The summed E-state index contributed by atoms with van der Waals surface area (Å²) < 4.78 is 13.4. The molecule has 0 aromatic carbocycles. The fraction of sp³-hybridized carbons (Fsp3) is 0.769. The SMILES string of the molecule is c1ncn(CC2COCCO2)c1C1CCCNC1. The summed E-state index contributed by atoms with van der Waals surface area (Å²) in [5.41, 5.74) is 1.33. The topological polar surface area (TPSA) is 48.3 Å². The standard InChI is InChI=1S/C13H21N3O2/c1-2-11(6-14-3-1)13-7-15-10-16(13)8-12-9-17-4-5-18-12/h7,10-12,14H,1-6,8-9H2. The van der Waals surface area contributed by atoms with Crippen LogP contribution in [0.4, 0.5) is 0 Å². The molecule has 2 saturated heterocycles. The van der Waals surface area contributed by atoms with Crippen molar-refractivity contribution in [3.05, 3.63) is 18.2 Å². The first-order valence-electron chi connectivity index (χ1n) is 6.83. The molecule has 0 saturated carbocycles. The molecule has 5 heteroatoms. The summed E-state index contributed by atoms with van der Waals surface area (Å²) in [4.78, 5) is 4.30. The van der Waals surface area contributed by atoms with Crippen molar-refractivity contribution in [2.75, 3.05) is 32.9 Å². The lowest BCUT2D eigenvalue weighted by Crippen LogP contribution is -2.34. The molecule has 0 bridgehead atoms. The molecule has 0 aliphatic carbocycles. The van der Waals surface area contributed by atoms with Crippen LogP contribution in [0.5, 0.6) is 0 Å². The van der Waals surface area contributed by atoms with E-state index in [2.05, 4.69) is 14.9 Å². The molecular formula is C13H21N3O2. The van der Waals surface area contributed by atoms with Gasteiger partial charge in [-0.25, -0.2) is 4.98 Å². The molecule has 3 rings (SSSR count). The summed E-state index contributed by atoms with van der Waals surface area (Å²) in [5, 5.41) is 3.46. The lowest BCUT2D eigenvalue weighted by atomic mass is 9.96. The van der Waals surface area contributed by atoms with Gasteiger partial charge in [0.1, 0.15) is 0 Å². The molecule has 5 nitrogen and oxygen atoms in total. The summed E-state index contributed by atoms with van der Waals surface area (Å²) in [6, 6.07) is 0. The number of hydrogen-bond acceptors (Lipinski definition) is 4. The Labute approximate surface area is 107 Å². The molecule has 2 aliphatic heterocycles. The zero-order valence-electron chi connectivity index (χ0n) is 10.7. The van der Waals surface area contributed by atoms with E-state index in [1.807, 2.05) is 12.5 Å². The van der Waals surface area contributed by atoms with Gasteiger partial charge in [0.05, 0.1) is 38.8 Å². The first-order valence-corrected chi connectivity index (χ1v) is 6.83. The van der Waals surface area contributed by atoms with Gasteiger partial charge in [0.15, 0.2) is 0 Å². The Morgan fingerprint density at radius 2 is 2.44 bits per heavy atom. The molecule has 0 radical (unpaired) electrons. The third-order valence-corrected chi connectivity index (χ3v) is 3.74. The highest BCUT2D eigenvalue weighted by molar-refractivity contribution is 5.08. The second kappa shape index (κ2) is 5.82. The molecule has 2 atom stereocenters. The van der Waals surface area contributed by atoms with E-state index in [0.29, 0.717) is 19.1 Å². The van der Waals surface area contributed by atoms with Crippen LogP contribution >= 0.6 is 0 Å². The third-order valence-electron chi connectivity index (χ3n) is 3.74. The van der Waals surface area contributed by atoms with Crippen LogP contribution in [-0.2, 0) is 16.0 Å². The van der Waals surface area contributed by atoms with Crippen LogP contribution in [-0.4, -0.2) is 48.6 Å². The Morgan fingerprint density at radius 3 is 3.22 bits per heavy atom. The molecule has 18 heavy (non-hydrogen) atoms. The zero-order chi connectivity index (χ0) is 12.2. The average molecular weight is 251 g/mol. The van der Waals surface area contributed by atoms with Crippen LogP contribution in [0.2, 0.25) is 0 Å². The van der Waals surface area contributed by atoms with E-state index in [9.17, 15) is 0 Å². The third kappa shape index (κ3) is 2.74. The Morgan fingerprint density at radius 1 is 1.44 bits per heavy atom. The molecule has 2 aliphatic rings. The summed E-state index contributed by atoms with van der Waals surface area (Å²) in [7, 11) is 0. The van der Waals surface area contributed by atoms with Crippen LogP contribution < -0.4 is 5.32 Å². The van der Waals surface area contributed by atoms with Crippen LogP contribution in [0.1, 0.15) is 24.5 Å². The second-order valence-electron chi connectivity index (χ2n) is 5.08. The summed E-state index contributed by atoms with van der Waals surface area (Å²) >= 11 is 0. The van der Waals surface area contributed by atoms with E-state index in [1.54, 1.807) is 0 Å². The molecule has 1 N–H and O–H groups in total. The molecule has 1 aromatic heterocycles. The van der Waals surface area contributed by atoms with Crippen LogP contribution in [0, 0.1) is 0 Å². The fourth-order valence-corrected chi connectivity index (χ4v) is 2.79. The van der Waals surface area contributed by atoms with E-state index in [1.165, 1.54) is 18.5 Å². The van der Waals surface area contributed by atoms with Crippen molar-refractivity contribution < 1.29 is 9.47 Å². The summed E-state index contributed by atoms with van der Waals surface area (Å²) in [6.45, 7) is 5.18. The molecule has 3 heterocycles. The Kier molecular flexibility index (Phi) is 3.93. The van der Waals surface area contributed by atoms with E-state index in [4.69, 9.17) is 9.47 Å². The minimum Gasteiger partial charge on any atom is -0.376 e. The summed E-state index contributed by atoms with van der Waals surface area (Å²) in [6.07, 6.45) is 6.59. The normalized spacial score (nSPS) is 29.3. The zero-order valence-corrected chi connectivity index (χ0v) is 10.7. The van der Waals surface area contributed by atoms with Crippen LogP contribution in [0.3, 0.4) is 0 Å². The molecule has 0 amide bonds. The van der Waals surface area contributed by atoms with Crippen molar-refractivity contribution in [2.45, 2.75) is 31.4 Å². The Bertz CT molecular complexity index is 368. The lowest BCUT2D eigenvalue weighted by molar-refractivity contribution is -0.0938. The van der Waals surface area contributed by atoms with Crippen molar-refractivity contribution in [1.82, 2.24) is 14.9 Å². The minimum absolute atomic E-state index is 0.170. The predicted octanol–water partition coefficient (Wildman–Crippen LogP) is 0.765. The van der Waals surface area contributed by atoms with Crippen LogP contribution in [0.15, 0.2) is 12.5 Å². The number of nitrogens with zero attached hydrogens (tertiary/aromatic N) is 2. The van der Waals surface area contributed by atoms with Crippen molar-refractivity contribution in [3.8, 4) is 0 Å². The molecule has 100 valence electrons. The second-order valence-corrected chi connectivity index (χ2v) is 5.08. The van der Waals surface area contributed by atoms with Crippen molar-refractivity contribution in [2.24, 2.45) is 0 Å². The first-order chi connectivity index (χ1) is 8.93. The predicted molar refractivity (Wildman–Crippen MR) is 67.6 cm³/mol. The molecular weight excluding hydrogens is 230 g/mol. The Balaban J connectivity index is 1.66. The number of aromatic nitrogens is 2. The quantitative estimate of drug-likeness (QED) is 0.862. The van der Waals surface area contributed by atoms with Gasteiger partial charge in [-0.15, -0.1) is 0 Å². The highest BCUT2D eigenvalue weighted by Gasteiger charge is 2.21. The Hall–Kier alpha value is -0.910. The number of rotatable bonds is 3. The van der Waals surface area contributed by atoms with Crippen molar-refractivity contribution in [3.63, 3.8) is 0 Å². The van der Waals surface area contributed by atoms with E-state index in [0.717, 1.165) is 26.2 Å². The monoisotopic (exact) mass is 251 g/mol. The van der Waals surface area contributed by atoms with E-state index >= 15 is 0 Å². The van der Waals surface area contributed by atoms with Gasteiger partial charge in [-0.05, 0) is 19.4 Å². The highest BCUT2D eigenvalue weighted by atomic mass is 16.6. The molecule has 1 aromatic rings. The van der Waals surface area contributed by atoms with Gasteiger partial charge in [-0.2, -0.15) is 0 Å². The number of hydrogen-bond donors (Lipinski definition) is 1. The van der Waals surface area contributed by atoms with Gasteiger partial charge in [0.2, 0.25) is 0 Å². The number of piperidine rings is 1. The van der Waals surface area contributed by atoms with Gasteiger partial charge in [0.25, 0.3) is 0 Å². The van der Waals surface area contributed by atoms with Gasteiger partial charge in [0, 0.05) is 24.4 Å². The molecule has 0 spiro atoms. The van der Waals surface area contributed by atoms with E-state index in [-0.39, 0.29) is 6.10 Å². The largest absolute Gasteiger partial charge is 0.376 e. The maximum atomic E-state index is 5.70. The fourth-order valence-electron chi connectivity index (χ4n) is 2.79. The van der Waals surface area contributed by atoms with Gasteiger partial charge < -0.3 is 19.4 Å². The van der Waals surface area contributed by atoms with Crippen LogP contribution in [0.25, 0.3) is 0 Å².